The van der Waals surface area contributed by atoms with E-state index in [1.165, 1.54) is 0 Å². The first-order valence-corrected chi connectivity index (χ1v) is 15.4. The van der Waals surface area contributed by atoms with Gasteiger partial charge in [0.15, 0.2) is 12.6 Å². The highest BCUT2D eigenvalue weighted by atomic mass is 32.2. The predicted octanol–water partition coefficient (Wildman–Crippen LogP) is 5.38. The van der Waals surface area contributed by atoms with Gasteiger partial charge in [0.05, 0.1) is 38.6 Å². The topological polar surface area (TPSA) is 73.8 Å². The third kappa shape index (κ3) is 10.6. The van der Waals surface area contributed by atoms with Gasteiger partial charge in [0, 0.05) is 29.6 Å². The van der Waals surface area contributed by atoms with Gasteiger partial charge in [-0.15, -0.1) is 0 Å². The van der Waals surface area contributed by atoms with E-state index in [2.05, 4.69) is 13.8 Å². The van der Waals surface area contributed by atoms with Crippen LogP contribution >= 0.6 is 23.5 Å². The van der Waals surface area contributed by atoms with Crippen molar-refractivity contribution in [3.8, 4) is 0 Å². The van der Waals surface area contributed by atoms with Crippen LogP contribution in [0.2, 0.25) is 0 Å². The smallest absolute Gasteiger partial charge is 0.285 e. The van der Waals surface area contributed by atoms with Gasteiger partial charge in [0.2, 0.25) is 0 Å². The Hall–Kier alpha value is 0.380. The molecule has 0 spiro atoms. The summed E-state index contributed by atoms with van der Waals surface area (Å²) in [4.78, 5) is 0. The van der Waals surface area contributed by atoms with Crippen LogP contribution in [0, 0.1) is 0 Å². The molecule has 0 bridgehead atoms. The minimum atomic E-state index is -0.996. The zero-order valence-electron chi connectivity index (χ0n) is 22.7. The summed E-state index contributed by atoms with van der Waals surface area (Å²) >= 11 is 3.77. The lowest BCUT2D eigenvalue weighted by atomic mass is 10.4. The summed E-state index contributed by atoms with van der Waals surface area (Å²) in [5.41, 5.74) is 0. The van der Waals surface area contributed by atoms with Gasteiger partial charge < -0.3 is 28.4 Å². The van der Waals surface area contributed by atoms with Crippen LogP contribution < -0.4 is 0 Å². The lowest BCUT2D eigenvalue weighted by Crippen LogP contribution is -2.39. The maximum Gasteiger partial charge on any atom is 0.285 e. The van der Waals surface area contributed by atoms with Crippen molar-refractivity contribution in [2.45, 2.75) is 116 Å². The number of hydrogen-bond acceptors (Lipinski definition) is 10. The zero-order valence-corrected chi connectivity index (χ0v) is 24.4. The lowest BCUT2D eigenvalue weighted by Gasteiger charge is -2.31. The number of thioether (sulfide) groups is 2. The monoisotopic (exact) mass is 540 g/mol. The minimum absolute atomic E-state index is 0.0232. The van der Waals surface area contributed by atoms with Gasteiger partial charge in [-0.25, -0.2) is 0 Å². The first-order valence-electron chi connectivity index (χ1n) is 13.2. The van der Waals surface area contributed by atoms with Gasteiger partial charge in [-0.2, -0.15) is 23.5 Å². The molecule has 2 saturated heterocycles. The fourth-order valence-corrected chi connectivity index (χ4v) is 5.74. The molecule has 208 valence electrons. The van der Waals surface area contributed by atoms with Gasteiger partial charge in [0.25, 0.3) is 11.9 Å². The summed E-state index contributed by atoms with van der Waals surface area (Å²) in [5.74, 6) is 0.937. The van der Waals surface area contributed by atoms with E-state index < -0.39 is 11.9 Å². The van der Waals surface area contributed by atoms with Gasteiger partial charge in [-0.05, 0) is 32.4 Å². The number of ether oxygens (including phenoxy) is 8. The number of hydrogen-bond donors (Lipinski definition) is 0. The average Bonchev–Trinajstić information content (AvgIpc) is 3.43. The second-order valence-electron chi connectivity index (χ2n) is 8.82. The van der Waals surface area contributed by atoms with Crippen molar-refractivity contribution in [2.75, 3.05) is 43.7 Å². The largest absolute Gasteiger partial charge is 0.352 e. The standard InChI is InChI=1S/C25H48O8S2/c1-8-22(32-24(10-3)28-15-19(6)30-24)26-13-14-35-21(18-34-12-5)17-27-23(9-2)33-25(11-4)29-16-20(7)31-25/h19-23H,8-18H2,1-7H3. The molecule has 2 heterocycles. The van der Waals surface area contributed by atoms with Gasteiger partial charge in [-0.1, -0.05) is 34.6 Å². The van der Waals surface area contributed by atoms with Crippen molar-refractivity contribution in [3.05, 3.63) is 0 Å². The molecule has 0 aliphatic carbocycles. The molecule has 0 N–H and O–H groups in total. The second-order valence-corrected chi connectivity index (χ2v) is 11.5. The molecule has 0 amide bonds. The summed E-state index contributed by atoms with van der Waals surface area (Å²) in [6.07, 6.45) is 2.00. The first-order chi connectivity index (χ1) is 16.8. The Kier molecular flexibility index (Phi) is 14.8. The Labute approximate surface area is 221 Å². The van der Waals surface area contributed by atoms with Gasteiger partial charge in [0.1, 0.15) is 0 Å². The highest BCUT2D eigenvalue weighted by molar-refractivity contribution is 8.03. The van der Waals surface area contributed by atoms with Crippen molar-refractivity contribution < 1.29 is 37.9 Å². The van der Waals surface area contributed by atoms with E-state index >= 15 is 0 Å². The first kappa shape index (κ1) is 31.6. The summed E-state index contributed by atoms with van der Waals surface area (Å²) in [7, 11) is 0. The van der Waals surface area contributed by atoms with E-state index in [9.17, 15) is 0 Å². The normalized spacial score (nSPS) is 31.6. The van der Waals surface area contributed by atoms with Crippen LogP contribution in [0.3, 0.4) is 0 Å². The second kappa shape index (κ2) is 16.4. The molecule has 7 atom stereocenters. The predicted molar refractivity (Wildman–Crippen MR) is 141 cm³/mol. The molecule has 0 radical (unpaired) electrons. The van der Waals surface area contributed by atoms with Crippen molar-refractivity contribution in [3.63, 3.8) is 0 Å². The van der Waals surface area contributed by atoms with Crippen molar-refractivity contribution in [2.24, 2.45) is 0 Å². The van der Waals surface area contributed by atoms with Gasteiger partial charge >= 0.3 is 0 Å². The summed E-state index contributed by atoms with van der Waals surface area (Å²) < 4.78 is 47.8. The highest BCUT2D eigenvalue weighted by Crippen LogP contribution is 2.32. The summed E-state index contributed by atoms with van der Waals surface area (Å²) in [6.45, 7) is 16.5. The average molecular weight is 541 g/mol. The van der Waals surface area contributed by atoms with E-state index in [0.29, 0.717) is 44.5 Å². The van der Waals surface area contributed by atoms with Crippen LogP contribution in [-0.2, 0) is 37.9 Å². The Morgan fingerprint density at radius 2 is 1.37 bits per heavy atom. The van der Waals surface area contributed by atoms with E-state index in [-0.39, 0.29) is 24.8 Å². The minimum Gasteiger partial charge on any atom is -0.352 e. The fourth-order valence-electron chi connectivity index (χ4n) is 3.77. The Bertz CT molecular complexity index is 574. The maximum atomic E-state index is 6.19. The Balaban J connectivity index is 1.77. The molecule has 0 aromatic heterocycles. The van der Waals surface area contributed by atoms with E-state index in [4.69, 9.17) is 37.9 Å². The Morgan fingerprint density at radius 1 is 0.829 bits per heavy atom. The van der Waals surface area contributed by atoms with Crippen LogP contribution in [0.15, 0.2) is 0 Å². The molecular weight excluding hydrogens is 492 g/mol. The molecule has 2 fully saturated rings. The fraction of sp³-hybridized carbons (Fsp3) is 1.00. The molecule has 10 heteroatoms. The zero-order chi connectivity index (χ0) is 25.7. The molecule has 35 heavy (non-hydrogen) atoms. The van der Waals surface area contributed by atoms with Crippen molar-refractivity contribution in [1.29, 1.82) is 0 Å². The Morgan fingerprint density at radius 3 is 1.80 bits per heavy atom. The summed E-state index contributed by atoms with van der Waals surface area (Å²) in [5, 5.41) is 0.327. The third-order valence-electron chi connectivity index (χ3n) is 5.71. The van der Waals surface area contributed by atoms with Crippen LogP contribution in [0.4, 0.5) is 0 Å². The molecule has 0 aromatic carbocycles. The van der Waals surface area contributed by atoms with Crippen molar-refractivity contribution in [1.82, 2.24) is 0 Å². The summed E-state index contributed by atoms with van der Waals surface area (Å²) in [6, 6.07) is 0. The molecule has 2 aliphatic rings. The number of rotatable bonds is 19. The third-order valence-corrected chi connectivity index (χ3v) is 8.14. The maximum absolute atomic E-state index is 6.19. The van der Waals surface area contributed by atoms with Crippen LogP contribution in [-0.4, -0.2) is 85.7 Å². The highest BCUT2D eigenvalue weighted by Gasteiger charge is 2.43. The molecule has 0 saturated carbocycles. The quantitative estimate of drug-likeness (QED) is 0.157. The molecule has 2 rings (SSSR count). The SMILES string of the molecule is CCSCC(COC(CC)OC1(CC)OCC(C)O1)SCCOC(CC)OC1(CC)OCC(C)O1. The molecule has 7 unspecified atom stereocenters. The van der Waals surface area contributed by atoms with Crippen molar-refractivity contribution >= 4 is 23.5 Å². The van der Waals surface area contributed by atoms with E-state index in [0.717, 1.165) is 30.1 Å². The lowest BCUT2D eigenvalue weighted by molar-refractivity contribution is -0.386. The molecule has 2 aliphatic heterocycles. The van der Waals surface area contributed by atoms with Gasteiger partial charge in [-0.3, -0.25) is 9.47 Å². The van der Waals surface area contributed by atoms with E-state index in [1.807, 2.05) is 58.1 Å². The molecule has 8 nitrogen and oxygen atoms in total. The van der Waals surface area contributed by atoms with Crippen LogP contribution in [0.5, 0.6) is 0 Å². The van der Waals surface area contributed by atoms with Crippen LogP contribution in [0.1, 0.15) is 74.1 Å². The van der Waals surface area contributed by atoms with E-state index in [1.54, 1.807) is 0 Å². The van der Waals surface area contributed by atoms with Crippen LogP contribution in [0.25, 0.3) is 0 Å². The molecule has 0 aromatic rings. The molecular formula is C25H48O8S2.